The van der Waals surface area contributed by atoms with Crippen molar-refractivity contribution in [2.75, 3.05) is 0 Å². The van der Waals surface area contributed by atoms with Crippen LogP contribution in [-0.2, 0) is 12.8 Å². The standard InChI is InChI=1S/C9H8BrF/c10-8-4-5-9(11)7-3-1-2-6(7)8/h4-5H,1-3H2. The maximum absolute atomic E-state index is 13.0. The van der Waals surface area contributed by atoms with Crippen LogP contribution in [0.25, 0.3) is 0 Å². The van der Waals surface area contributed by atoms with Crippen LogP contribution < -0.4 is 0 Å². The van der Waals surface area contributed by atoms with Crippen LogP contribution in [0.4, 0.5) is 4.39 Å². The lowest BCUT2D eigenvalue weighted by Gasteiger charge is -2.01. The van der Waals surface area contributed by atoms with Gasteiger partial charge in [-0.05, 0) is 42.5 Å². The van der Waals surface area contributed by atoms with Crippen molar-refractivity contribution in [1.29, 1.82) is 0 Å². The first-order chi connectivity index (χ1) is 5.29. The first-order valence-corrected chi connectivity index (χ1v) is 4.54. The maximum Gasteiger partial charge on any atom is 0.126 e. The van der Waals surface area contributed by atoms with Gasteiger partial charge in [0.05, 0.1) is 0 Å². The fourth-order valence-corrected chi connectivity index (χ4v) is 2.19. The molecule has 0 radical (unpaired) electrons. The molecule has 2 heteroatoms. The Kier molecular flexibility index (Phi) is 1.72. The highest BCUT2D eigenvalue weighted by Gasteiger charge is 2.16. The van der Waals surface area contributed by atoms with Gasteiger partial charge in [0.15, 0.2) is 0 Å². The molecular weight excluding hydrogens is 207 g/mol. The monoisotopic (exact) mass is 214 g/mol. The highest BCUT2D eigenvalue weighted by atomic mass is 79.9. The fraction of sp³-hybridized carbons (Fsp3) is 0.333. The van der Waals surface area contributed by atoms with E-state index in [9.17, 15) is 4.39 Å². The van der Waals surface area contributed by atoms with E-state index in [2.05, 4.69) is 15.9 Å². The molecule has 0 heterocycles. The highest BCUT2D eigenvalue weighted by molar-refractivity contribution is 9.10. The van der Waals surface area contributed by atoms with Gasteiger partial charge in [-0.1, -0.05) is 15.9 Å². The van der Waals surface area contributed by atoms with E-state index in [1.165, 1.54) is 11.6 Å². The molecular formula is C9H8BrF. The van der Waals surface area contributed by atoms with E-state index >= 15 is 0 Å². The summed E-state index contributed by atoms with van der Waals surface area (Å²) in [5, 5.41) is 0. The predicted octanol–water partition coefficient (Wildman–Crippen LogP) is 3.08. The number of halogens is 2. The van der Waals surface area contributed by atoms with E-state index in [0.717, 1.165) is 29.3 Å². The molecule has 1 aliphatic rings. The van der Waals surface area contributed by atoms with Gasteiger partial charge in [-0.3, -0.25) is 0 Å². The van der Waals surface area contributed by atoms with Crippen molar-refractivity contribution in [1.82, 2.24) is 0 Å². The molecule has 0 saturated carbocycles. The zero-order valence-electron chi connectivity index (χ0n) is 6.03. The molecule has 0 unspecified atom stereocenters. The van der Waals surface area contributed by atoms with Crippen molar-refractivity contribution >= 4 is 15.9 Å². The zero-order valence-corrected chi connectivity index (χ0v) is 7.62. The van der Waals surface area contributed by atoms with Crippen LogP contribution in [0.5, 0.6) is 0 Å². The van der Waals surface area contributed by atoms with E-state index < -0.39 is 0 Å². The number of hydrogen-bond acceptors (Lipinski definition) is 0. The second-order valence-electron chi connectivity index (χ2n) is 2.84. The molecule has 0 amide bonds. The van der Waals surface area contributed by atoms with Crippen molar-refractivity contribution in [2.24, 2.45) is 0 Å². The molecule has 1 aromatic rings. The Hall–Kier alpha value is -0.370. The van der Waals surface area contributed by atoms with Crippen LogP contribution in [0.15, 0.2) is 16.6 Å². The molecule has 1 aromatic carbocycles. The Morgan fingerprint density at radius 2 is 1.91 bits per heavy atom. The quantitative estimate of drug-likeness (QED) is 0.623. The van der Waals surface area contributed by atoms with Gasteiger partial charge < -0.3 is 0 Å². The minimum Gasteiger partial charge on any atom is -0.207 e. The largest absolute Gasteiger partial charge is 0.207 e. The Balaban J connectivity index is 2.64. The lowest BCUT2D eigenvalue weighted by Crippen LogP contribution is -1.88. The summed E-state index contributed by atoms with van der Waals surface area (Å²) in [6, 6.07) is 3.33. The van der Waals surface area contributed by atoms with Crippen LogP contribution in [0.3, 0.4) is 0 Å². The lowest BCUT2D eigenvalue weighted by molar-refractivity contribution is 0.612. The molecule has 0 N–H and O–H groups in total. The molecule has 11 heavy (non-hydrogen) atoms. The highest BCUT2D eigenvalue weighted by Crippen LogP contribution is 2.30. The normalized spacial score (nSPS) is 15.1. The topological polar surface area (TPSA) is 0 Å². The average Bonchev–Trinajstić information content (AvgIpc) is 2.45. The molecule has 0 fully saturated rings. The number of benzene rings is 1. The summed E-state index contributed by atoms with van der Waals surface area (Å²) in [6.45, 7) is 0. The Bertz CT molecular complexity index is 265. The summed E-state index contributed by atoms with van der Waals surface area (Å²) >= 11 is 3.41. The van der Waals surface area contributed by atoms with Crippen molar-refractivity contribution in [3.63, 3.8) is 0 Å². The van der Waals surface area contributed by atoms with Crippen molar-refractivity contribution in [3.05, 3.63) is 33.5 Å². The molecule has 2 rings (SSSR count). The second-order valence-corrected chi connectivity index (χ2v) is 3.69. The average molecular weight is 215 g/mol. The molecule has 0 bridgehead atoms. The van der Waals surface area contributed by atoms with Gasteiger partial charge in [0, 0.05) is 4.47 Å². The summed E-state index contributed by atoms with van der Waals surface area (Å²) in [5.41, 5.74) is 2.09. The van der Waals surface area contributed by atoms with E-state index in [1.54, 1.807) is 6.07 Å². The summed E-state index contributed by atoms with van der Waals surface area (Å²) in [5.74, 6) is -0.0410. The van der Waals surface area contributed by atoms with E-state index in [-0.39, 0.29) is 5.82 Å². The van der Waals surface area contributed by atoms with Gasteiger partial charge in [-0.25, -0.2) is 4.39 Å². The van der Waals surface area contributed by atoms with Gasteiger partial charge in [0.2, 0.25) is 0 Å². The van der Waals surface area contributed by atoms with Gasteiger partial charge in [0.1, 0.15) is 5.82 Å². The number of rotatable bonds is 0. The molecule has 1 aliphatic carbocycles. The zero-order chi connectivity index (χ0) is 7.84. The summed E-state index contributed by atoms with van der Waals surface area (Å²) in [4.78, 5) is 0. The third kappa shape index (κ3) is 1.09. The van der Waals surface area contributed by atoms with Crippen LogP contribution in [-0.4, -0.2) is 0 Å². The Morgan fingerprint density at radius 3 is 2.64 bits per heavy atom. The summed E-state index contributed by atoms with van der Waals surface area (Å²) in [6.07, 6.45) is 3.02. The summed E-state index contributed by atoms with van der Waals surface area (Å²) in [7, 11) is 0. The molecule has 58 valence electrons. The van der Waals surface area contributed by atoms with E-state index in [4.69, 9.17) is 0 Å². The van der Waals surface area contributed by atoms with Crippen molar-refractivity contribution < 1.29 is 4.39 Å². The molecule has 0 atom stereocenters. The van der Waals surface area contributed by atoms with Gasteiger partial charge in [0.25, 0.3) is 0 Å². The smallest absolute Gasteiger partial charge is 0.126 e. The number of hydrogen-bond donors (Lipinski definition) is 0. The minimum atomic E-state index is -0.0410. The van der Waals surface area contributed by atoms with Crippen LogP contribution in [0.2, 0.25) is 0 Å². The van der Waals surface area contributed by atoms with Crippen LogP contribution in [0, 0.1) is 5.82 Å². The molecule has 0 spiro atoms. The first-order valence-electron chi connectivity index (χ1n) is 3.75. The third-order valence-electron chi connectivity index (χ3n) is 2.17. The first kappa shape index (κ1) is 7.29. The minimum absolute atomic E-state index is 0.0410. The Labute approximate surface area is 73.6 Å². The molecule has 0 nitrogen and oxygen atoms in total. The van der Waals surface area contributed by atoms with Gasteiger partial charge >= 0.3 is 0 Å². The van der Waals surface area contributed by atoms with Gasteiger partial charge in [-0.2, -0.15) is 0 Å². The maximum atomic E-state index is 13.0. The molecule has 0 saturated heterocycles. The SMILES string of the molecule is Fc1ccc(Br)c2c1CCC2. The van der Waals surface area contributed by atoms with E-state index in [1.807, 2.05) is 0 Å². The molecule has 0 aliphatic heterocycles. The Morgan fingerprint density at radius 1 is 1.18 bits per heavy atom. The van der Waals surface area contributed by atoms with Crippen LogP contribution in [0.1, 0.15) is 17.5 Å². The third-order valence-corrected chi connectivity index (χ3v) is 2.91. The predicted molar refractivity (Wildman–Crippen MR) is 46.1 cm³/mol. The van der Waals surface area contributed by atoms with E-state index in [0.29, 0.717) is 0 Å². The fourth-order valence-electron chi connectivity index (χ4n) is 1.62. The van der Waals surface area contributed by atoms with Crippen LogP contribution >= 0.6 is 15.9 Å². The number of fused-ring (bicyclic) bond motifs is 1. The second kappa shape index (κ2) is 2.59. The summed E-state index contributed by atoms with van der Waals surface area (Å²) < 4.78 is 14.1. The van der Waals surface area contributed by atoms with Crippen molar-refractivity contribution in [3.8, 4) is 0 Å². The molecule has 0 aromatic heterocycles. The van der Waals surface area contributed by atoms with Gasteiger partial charge in [-0.15, -0.1) is 0 Å². The lowest BCUT2D eigenvalue weighted by atomic mass is 10.1. The van der Waals surface area contributed by atoms with Crippen molar-refractivity contribution in [2.45, 2.75) is 19.3 Å².